The number of amides is 2. The largest absolute Gasteiger partial charge is 0.364 e. The minimum Gasteiger partial charge on any atom is -0.364 e. The topological polar surface area (TPSA) is 85.1 Å². The number of aromatic nitrogens is 1. The molecule has 3 N–H and O–H groups in total. The minimum atomic E-state index is -0.607. The average molecular weight is 323 g/mol. The maximum absolute atomic E-state index is 12.3. The Labute approximate surface area is 141 Å². The van der Waals surface area contributed by atoms with E-state index in [0.29, 0.717) is 5.56 Å². The van der Waals surface area contributed by atoms with E-state index in [9.17, 15) is 9.59 Å². The molecule has 1 unspecified atom stereocenters. The molecule has 0 saturated heterocycles. The number of aryl methyl sites for hydroxylation is 2. The van der Waals surface area contributed by atoms with Gasteiger partial charge < -0.3 is 11.1 Å². The Kier molecular flexibility index (Phi) is 4.60. The van der Waals surface area contributed by atoms with Crippen molar-refractivity contribution in [3.05, 3.63) is 64.5 Å². The van der Waals surface area contributed by atoms with Gasteiger partial charge in [-0.2, -0.15) is 0 Å². The van der Waals surface area contributed by atoms with E-state index in [-0.39, 0.29) is 17.6 Å². The Morgan fingerprint density at radius 2 is 1.88 bits per heavy atom. The third kappa shape index (κ3) is 3.45. The highest BCUT2D eigenvalue weighted by Gasteiger charge is 2.15. The van der Waals surface area contributed by atoms with Crippen LogP contribution < -0.4 is 11.1 Å². The van der Waals surface area contributed by atoms with Gasteiger partial charge in [-0.3, -0.25) is 14.6 Å². The number of primary amides is 1. The van der Waals surface area contributed by atoms with Crippen molar-refractivity contribution < 1.29 is 9.59 Å². The first kappa shape index (κ1) is 16.2. The van der Waals surface area contributed by atoms with Crippen molar-refractivity contribution in [1.82, 2.24) is 10.3 Å². The average Bonchev–Trinajstić information content (AvgIpc) is 2.61. The molecular formula is C19H21N3O2. The van der Waals surface area contributed by atoms with Crippen LogP contribution in [0.25, 0.3) is 0 Å². The zero-order valence-corrected chi connectivity index (χ0v) is 13.7. The molecule has 0 radical (unpaired) electrons. The highest BCUT2D eigenvalue weighted by molar-refractivity contribution is 5.95. The lowest BCUT2D eigenvalue weighted by atomic mass is 9.89. The van der Waals surface area contributed by atoms with Gasteiger partial charge in [-0.1, -0.05) is 18.2 Å². The second-order valence-corrected chi connectivity index (χ2v) is 6.23. The van der Waals surface area contributed by atoms with Crippen molar-refractivity contribution in [3.8, 4) is 0 Å². The molecule has 5 heteroatoms. The van der Waals surface area contributed by atoms with Crippen LogP contribution >= 0.6 is 0 Å². The second-order valence-electron chi connectivity index (χ2n) is 6.23. The summed E-state index contributed by atoms with van der Waals surface area (Å²) in [5, 5.41) is 2.97. The van der Waals surface area contributed by atoms with Gasteiger partial charge in [0.05, 0.1) is 11.6 Å². The molecule has 24 heavy (non-hydrogen) atoms. The molecule has 3 rings (SSSR count). The number of nitrogens with zero attached hydrogens (tertiary/aromatic N) is 1. The Hall–Kier alpha value is -2.69. The molecule has 5 nitrogen and oxygen atoms in total. The molecule has 1 aromatic carbocycles. The van der Waals surface area contributed by atoms with Gasteiger partial charge in [0, 0.05) is 6.20 Å². The highest BCUT2D eigenvalue weighted by atomic mass is 16.2. The number of carbonyl (C=O) groups is 2. The monoisotopic (exact) mass is 323 g/mol. The standard InChI is InChI=1S/C19H21N3O2/c1-12(14-7-6-13-4-2-3-5-15(13)10-14)22-19(24)16-8-9-17(18(20)23)21-11-16/h6-12H,2-5H2,1H3,(H2,20,23)(H,22,24). The lowest BCUT2D eigenvalue weighted by Crippen LogP contribution is -2.27. The molecule has 1 atom stereocenters. The minimum absolute atomic E-state index is 0.0967. The Morgan fingerprint density at radius 3 is 2.54 bits per heavy atom. The van der Waals surface area contributed by atoms with Crippen LogP contribution in [0, 0.1) is 0 Å². The van der Waals surface area contributed by atoms with Gasteiger partial charge in [0.25, 0.3) is 11.8 Å². The first-order valence-electron chi connectivity index (χ1n) is 8.23. The van der Waals surface area contributed by atoms with Crippen molar-refractivity contribution in [2.24, 2.45) is 5.73 Å². The number of benzene rings is 1. The van der Waals surface area contributed by atoms with Crippen molar-refractivity contribution in [3.63, 3.8) is 0 Å². The summed E-state index contributed by atoms with van der Waals surface area (Å²) in [7, 11) is 0. The van der Waals surface area contributed by atoms with E-state index in [0.717, 1.165) is 18.4 Å². The van der Waals surface area contributed by atoms with Gasteiger partial charge in [0.2, 0.25) is 0 Å². The van der Waals surface area contributed by atoms with E-state index in [1.54, 1.807) is 6.07 Å². The zero-order valence-electron chi connectivity index (χ0n) is 13.7. The number of fused-ring (bicyclic) bond motifs is 1. The number of nitrogens with one attached hydrogen (secondary N) is 1. The number of carbonyl (C=O) groups excluding carboxylic acids is 2. The van der Waals surface area contributed by atoms with Crippen LogP contribution in [0.15, 0.2) is 36.5 Å². The molecule has 0 saturated carbocycles. The van der Waals surface area contributed by atoms with Gasteiger partial charge in [0.15, 0.2) is 0 Å². The lowest BCUT2D eigenvalue weighted by molar-refractivity contribution is 0.0936. The third-order valence-corrected chi connectivity index (χ3v) is 4.50. The van der Waals surface area contributed by atoms with Crippen molar-refractivity contribution in [2.45, 2.75) is 38.6 Å². The van der Waals surface area contributed by atoms with Crippen LogP contribution in [0.3, 0.4) is 0 Å². The molecule has 0 bridgehead atoms. The number of hydrogen-bond acceptors (Lipinski definition) is 3. The SMILES string of the molecule is CC(NC(=O)c1ccc(C(N)=O)nc1)c1ccc2c(c1)CCCC2. The van der Waals surface area contributed by atoms with Crippen molar-refractivity contribution in [2.75, 3.05) is 0 Å². The summed E-state index contributed by atoms with van der Waals surface area (Å²) in [5.41, 5.74) is 9.63. The first-order valence-corrected chi connectivity index (χ1v) is 8.23. The summed E-state index contributed by atoms with van der Waals surface area (Å²) < 4.78 is 0. The predicted octanol–water partition coefficient (Wildman–Crippen LogP) is 2.55. The Balaban J connectivity index is 1.70. The van der Waals surface area contributed by atoms with E-state index in [1.807, 2.05) is 6.92 Å². The molecule has 1 aliphatic carbocycles. The fraction of sp³-hybridized carbons (Fsp3) is 0.316. The fourth-order valence-corrected chi connectivity index (χ4v) is 3.06. The van der Waals surface area contributed by atoms with Crippen LogP contribution in [0.2, 0.25) is 0 Å². The van der Waals surface area contributed by atoms with Gasteiger partial charge in [-0.05, 0) is 61.4 Å². The smallest absolute Gasteiger partial charge is 0.267 e. The summed E-state index contributed by atoms with van der Waals surface area (Å²) in [6.07, 6.45) is 6.12. The second kappa shape index (κ2) is 6.83. The molecule has 2 amide bonds. The molecule has 1 heterocycles. The van der Waals surface area contributed by atoms with Crippen LogP contribution in [0.1, 0.15) is 63.3 Å². The van der Waals surface area contributed by atoms with Crippen LogP contribution in [-0.2, 0) is 12.8 Å². The van der Waals surface area contributed by atoms with Crippen molar-refractivity contribution in [1.29, 1.82) is 0 Å². The van der Waals surface area contributed by atoms with E-state index in [4.69, 9.17) is 5.73 Å². The van der Waals surface area contributed by atoms with Crippen molar-refractivity contribution >= 4 is 11.8 Å². The van der Waals surface area contributed by atoms with E-state index >= 15 is 0 Å². The van der Waals surface area contributed by atoms with E-state index in [1.165, 1.54) is 36.2 Å². The van der Waals surface area contributed by atoms with E-state index < -0.39 is 5.91 Å². The fourth-order valence-electron chi connectivity index (χ4n) is 3.06. The predicted molar refractivity (Wildman–Crippen MR) is 91.7 cm³/mol. The summed E-state index contributed by atoms with van der Waals surface area (Å²) in [5.74, 6) is -0.826. The summed E-state index contributed by atoms with van der Waals surface area (Å²) >= 11 is 0. The number of pyridine rings is 1. The molecule has 0 aliphatic heterocycles. The number of hydrogen-bond donors (Lipinski definition) is 2. The highest BCUT2D eigenvalue weighted by Crippen LogP contribution is 2.24. The first-order chi connectivity index (χ1) is 11.5. The van der Waals surface area contributed by atoms with Gasteiger partial charge in [-0.15, -0.1) is 0 Å². The number of rotatable bonds is 4. The molecule has 0 spiro atoms. The molecule has 1 aromatic heterocycles. The summed E-state index contributed by atoms with van der Waals surface area (Å²) in [4.78, 5) is 27.3. The maximum atomic E-state index is 12.3. The zero-order chi connectivity index (χ0) is 17.1. The lowest BCUT2D eigenvalue weighted by Gasteiger charge is -2.20. The molecule has 2 aromatic rings. The normalized spacial score (nSPS) is 14.5. The molecule has 0 fully saturated rings. The molecular weight excluding hydrogens is 302 g/mol. The Bertz CT molecular complexity index is 769. The van der Waals surface area contributed by atoms with Crippen LogP contribution in [0.4, 0.5) is 0 Å². The maximum Gasteiger partial charge on any atom is 0.267 e. The summed E-state index contributed by atoms with van der Waals surface area (Å²) in [6, 6.07) is 9.39. The summed E-state index contributed by atoms with van der Waals surface area (Å²) in [6.45, 7) is 1.97. The number of nitrogens with two attached hydrogens (primary N) is 1. The molecule has 124 valence electrons. The van der Waals surface area contributed by atoms with E-state index in [2.05, 4.69) is 28.5 Å². The third-order valence-electron chi connectivity index (χ3n) is 4.50. The quantitative estimate of drug-likeness (QED) is 0.906. The van der Waals surface area contributed by atoms with Crippen LogP contribution in [-0.4, -0.2) is 16.8 Å². The van der Waals surface area contributed by atoms with Gasteiger partial charge in [0.1, 0.15) is 5.69 Å². The Morgan fingerprint density at radius 1 is 1.12 bits per heavy atom. The molecule has 1 aliphatic rings. The van der Waals surface area contributed by atoms with Gasteiger partial charge in [-0.25, -0.2) is 0 Å². The van der Waals surface area contributed by atoms with Gasteiger partial charge >= 0.3 is 0 Å². The van der Waals surface area contributed by atoms with Crippen LogP contribution in [0.5, 0.6) is 0 Å².